The van der Waals surface area contributed by atoms with E-state index in [0.717, 1.165) is 30.5 Å². The monoisotopic (exact) mass is 275 g/mol. The highest BCUT2D eigenvalue weighted by Crippen LogP contribution is 2.25. The van der Waals surface area contributed by atoms with Crippen LogP contribution in [0.3, 0.4) is 0 Å². The fourth-order valence-electron chi connectivity index (χ4n) is 2.54. The average molecular weight is 275 g/mol. The standard InChI is InChI=1S/C16H26BNO2/c1-11(2)7-8-18-10-16-14-6-5-13(12(3)4)9-15(14)17(19)20-16/h5-6,9,11-12,16,18-19H,7-8,10H2,1-4H3. The van der Waals surface area contributed by atoms with E-state index in [2.05, 4.69) is 51.2 Å². The summed E-state index contributed by atoms with van der Waals surface area (Å²) in [6, 6.07) is 6.33. The molecule has 0 fully saturated rings. The first-order valence-corrected chi connectivity index (χ1v) is 7.67. The molecule has 0 aliphatic carbocycles. The average Bonchev–Trinajstić information content (AvgIpc) is 2.71. The van der Waals surface area contributed by atoms with Crippen molar-refractivity contribution in [3.63, 3.8) is 0 Å². The smallest absolute Gasteiger partial charge is 0.423 e. The summed E-state index contributed by atoms with van der Waals surface area (Å²) in [5.74, 6) is 1.18. The number of rotatable bonds is 6. The number of nitrogens with one attached hydrogen (secondary N) is 1. The molecule has 1 aliphatic rings. The predicted molar refractivity (Wildman–Crippen MR) is 84.3 cm³/mol. The fraction of sp³-hybridized carbons (Fsp3) is 0.625. The van der Waals surface area contributed by atoms with Crippen LogP contribution in [0.2, 0.25) is 0 Å². The molecule has 2 rings (SSSR count). The normalized spacial score (nSPS) is 18.1. The van der Waals surface area contributed by atoms with E-state index in [1.54, 1.807) is 0 Å². The summed E-state index contributed by atoms with van der Waals surface area (Å²) in [5, 5.41) is 13.5. The van der Waals surface area contributed by atoms with Crippen LogP contribution in [0.5, 0.6) is 0 Å². The Balaban J connectivity index is 1.99. The lowest BCUT2D eigenvalue weighted by Gasteiger charge is -2.14. The van der Waals surface area contributed by atoms with Crippen LogP contribution in [0.15, 0.2) is 18.2 Å². The van der Waals surface area contributed by atoms with Crippen molar-refractivity contribution in [2.24, 2.45) is 5.92 Å². The Morgan fingerprint density at radius 1 is 1.30 bits per heavy atom. The maximum Gasteiger partial charge on any atom is 0.492 e. The van der Waals surface area contributed by atoms with E-state index in [0.29, 0.717) is 11.8 Å². The van der Waals surface area contributed by atoms with Gasteiger partial charge in [-0.1, -0.05) is 45.9 Å². The van der Waals surface area contributed by atoms with Gasteiger partial charge in [0, 0.05) is 6.54 Å². The molecule has 20 heavy (non-hydrogen) atoms. The summed E-state index contributed by atoms with van der Waals surface area (Å²) in [7, 11) is -0.777. The predicted octanol–water partition coefficient (Wildman–Crippen LogP) is 2.20. The summed E-state index contributed by atoms with van der Waals surface area (Å²) in [6.45, 7) is 10.5. The number of hydrogen-bond acceptors (Lipinski definition) is 3. The van der Waals surface area contributed by atoms with Gasteiger partial charge < -0.3 is 15.0 Å². The molecule has 2 N–H and O–H groups in total. The Labute approximate surface area is 122 Å². The molecule has 1 unspecified atom stereocenters. The Morgan fingerprint density at radius 2 is 2.05 bits per heavy atom. The molecule has 110 valence electrons. The highest BCUT2D eigenvalue weighted by molar-refractivity contribution is 6.61. The molecule has 1 aromatic rings. The summed E-state index contributed by atoms with van der Waals surface area (Å²) >= 11 is 0. The van der Waals surface area contributed by atoms with E-state index in [1.807, 2.05) is 0 Å². The fourth-order valence-corrected chi connectivity index (χ4v) is 2.54. The molecule has 0 bridgehead atoms. The molecule has 1 aromatic carbocycles. The Morgan fingerprint density at radius 3 is 2.70 bits per heavy atom. The third kappa shape index (κ3) is 3.63. The molecule has 3 nitrogen and oxygen atoms in total. The highest BCUT2D eigenvalue weighted by Gasteiger charge is 2.34. The Hall–Kier alpha value is -0.835. The zero-order valence-electron chi connectivity index (χ0n) is 13.0. The van der Waals surface area contributed by atoms with Crippen molar-refractivity contribution in [1.82, 2.24) is 5.32 Å². The summed E-state index contributed by atoms with van der Waals surface area (Å²) in [4.78, 5) is 0. The van der Waals surface area contributed by atoms with E-state index in [9.17, 15) is 5.02 Å². The van der Waals surface area contributed by atoms with E-state index in [1.165, 1.54) is 5.56 Å². The third-order valence-corrected chi connectivity index (χ3v) is 3.91. The van der Waals surface area contributed by atoms with Crippen LogP contribution in [0.1, 0.15) is 57.3 Å². The molecule has 1 atom stereocenters. The molecule has 0 radical (unpaired) electrons. The van der Waals surface area contributed by atoms with Gasteiger partial charge in [0.15, 0.2) is 0 Å². The lowest BCUT2D eigenvalue weighted by molar-refractivity contribution is 0.186. The van der Waals surface area contributed by atoms with Gasteiger partial charge in [-0.15, -0.1) is 0 Å². The van der Waals surface area contributed by atoms with Gasteiger partial charge in [-0.05, 0) is 41.4 Å². The van der Waals surface area contributed by atoms with Crippen molar-refractivity contribution >= 4 is 12.6 Å². The first kappa shape index (κ1) is 15.6. The van der Waals surface area contributed by atoms with Crippen molar-refractivity contribution in [3.05, 3.63) is 29.3 Å². The minimum Gasteiger partial charge on any atom is -0.423 e. The van der Waals surface area contributed by atoms with Crippen molar-refractivity contribution in [1.29, 1.82) is 0 Å². The molecule has 1 aliphatic heterocycles. The van der Waals surface area contributed by atoms with Gasteiger partial charge >= 0.3 is 7.12 Å². The van der Waals surface area contributed by atoms with Gasteiger partial charge in [0.05, 0.1) is 6.10 Å². The molecular formula is C16H26BNO2. The number of benzene rings is 1. The van der Waals surface area contributed by atoms with Gasteiger partial charge in [-0.2, -0.15) is 0 Å². The van der Waals surface area contributed by atoms with Crippen molar-refractivity contribution in [2.75, 3.05) is 13.1 Å². The zero-order chi connectivity index (χ0) is 14.7. The van der Waals surface area contributed by atoms with E-state index in [4.69, 9.17) is 4.65 Å². The Bertz CT molecular complexity index is 448. The van der Waals surface area contributed by atoms with Gasteiger partial charge in [-0.25, -0.2) is 0 Å². The third-order valence-electron chi connectivity index (χ3n) is 3.91. The molecule has 0 spiro atoms. The van der Waals surface area contributed by atoms with Gasteiger partial charge in [-0.3, -0.25) is 0 Å². The maximum atomic E-state index is 10.1. The quantitative estimate of drug-likeness (QED) is 0.618. The highest BCUT2D eigenvalue weighted by atomic mass is 16.5. The zero-order valence-corrected chi connectivity index (χ0v) is 13.0. The largest absolute Gasteiger partial charge is 0.492 e. The van der Waals surface area contributed by atoms with Crippen molar-refractivity contribution in [3.8, 4) is 0 Å². The van der Waals surface area contributed by atoms with E-state index >= 15 is 0 Å². The molecule has 0 aromatic heterocycles. The van der Waals surface area contributed by atoms with Gasteiger partial charge in [0.2, 0.25) is 0 Å². The first-order chi connectivity index (χ1) is 9.49. The maximum absolute atomic E-state index is 10.1. The SMILES string of the molecule is CC(C)CCNCC1OB(O)c2cc(C(C)C)ccc21. The van der Waals surface area contributed by atoms with E-state index < -0.39 is 7.12 Å². The van der Waals surface area contributed by atoms with Crippen LogP contribution in [0.25, 0.3) is 0 Å². The van der Waals surface area contributed by atoms with Crippen LogP contribution < -0.4 is 10.8 Å². The van der Waals surface area contributed by atoms with Gasteiger partial charge in [0.25, 0.3) is 0 Å². The first-order valence-electron chi connectivity index (χ1n) is 7.67. The minimum absolute atomic E-state index is 0.0339. The summed E-state index contributed by atoms with van der Waals surface area (Å²) in [6.07, 6.45) is 1.13. The topological polar surface area (TPSA) is 41.5 Å². The van der Waals surface area contributed by atoms with Crippen molar-refractivity contribution in [2.45, 2.75) is 46.1 Å². The molecule has 1 heterocycles. The van der Waals surface area contributed by atoms with Crippen LogP contribution in [-0.2, 0) is 4.65 Å². The van der Waals surface area contributed by atoms with E-state index in [-0.39, 0.29) is 6.10 Å². The van der Waals surface area contributed by atoms with Crippen molar-refractivity contribution < 1.29 is 9.68 Å². The second kappa shape index (κ2) is 6.75. The summed E-state index contributed by atoms with van der Waals surface area (Å²) < 4.78 is 5.67. The number of hydrogen-bond donors (Lipinski definition) is 2. The molecule has 0 amide bonds. The molecule has 0 saturated heterocycles. The number of fused-ring (bicyclic) bond motifs is 1. The van der Waals surface area contributed by atoms with Gasteiger partial charge in [0.1, 0.15) is 0 Å². The summed E-state index contributed by atoms with van der Waals surface area (Å²) in [5.41, 5.74) is 3.31. The lowest BCUT2D eigenvalue weighted by atomic mass is 9.77. The van der Waals surface area contributed by atoms with Crippen LogP contribution in [-0.4, -0.2) is 25.2 Å². The second-order valence-electron chi connectivity index (χ2n) is 6.41. The van der Waals surface area contributed by atoms with Crippen LogP contribution >= 0.6 is 0 Å². The minimum atomic E-state index is -0.777. The van der Waals surface area contributed by atoms with Crippen LogP contribution in [0.4, 0.5) is 0 Å². The second-order valence-corrected chi connectivity index (χ2v) is 6.41. The molecular weight excluding hydrogens is 249 g/mol. The lowest BCUT2D eigenvalue weighted by Crippen LogP contribution is -2.28. The molecule has 4 heteroatoms. The molecule has 0 saturated carbocycles. The Kier molecular flexibility index (Phi) is 5.25. The van der Waals surface area contributed by atoms with Crippen LogP contribution in [0, 0.1) is 5.92 Å².